The molecule has 0 aliphatic rings. The van der Waals surface area contributed by atoms with Crippen molar-refractivity contribution < 1.29 is 36.1 Å². The number of nitrogens with zero attached hydrogens (tertiary/aromatic N) is 1. The molecule has 0 heterocycles. The summed E-state index contributed by atoms with van der Waals surface area (Å²) in [5.41, 5.74) is -4.50. The molecule has 0 unspecified atom stereocenters. The predicted molar refractivity (Wildman–Crippen MR) is 48.5 cm³/mol. The van der Waals surface area contributed by atoms with Gasteiger partial charge in [-0.2, -0.15) is 26.3 Å². The van der Waals surface area contributed by atoms with Crippen molar-refractivity contribution in [2.75, 3.05) is 0 Å². The minimum atomic E-state index is -5.41. The van der Waals surface area contributed by atoms with Crippen LogP contribution >= 0.6 is 0 Å². The van der Waals surface area contributed by atoms with E-state index in [-0.39, 0.29) is 18.2 Å². The maximum Gasteiger partial charge on any atom is 0.455 e. The van der Waals surface area contributed by atoms with E-state index in [1.807, 2.05) is 0 Å². The molecule has 1 rings (SSSR count). The first-order chi connectivity index (χ1) is 8.44. The molecule has 0 fully saturated rings. The van der Waals surface area contributed by atoms with Crippen LogP contribution in [-0.4, -0.2) is 16.9 Å². The van der Waals surface area contributed by atoms with Gasteiger partial charge in [0.15, 0.2) is 0 Å². The van der Waals surface area contributed by atoms with E-state index in [0.29, 0.717) is 0 Å². The SMILES string of the molecule is O=C(c1ccc(C(F)(F)F)cc1[N+](=O)[O-])C(F)(F)F. The Labute approximate surface area is 100 Å². The molecule has 104 valence electrons. The number of nitro groups is 1. The van der Waals surface area contributed by atoms with Crippen molar-refractivity contribution in [2.24, 2.45) is 0 Å². The van der Waals surface area contributed by atoms with Crippen LogP contribution in [0.3, 0.4) is 0 Å². The summed E-state index contributed by atoms with van der Waals surface area (Å²) in [6.45, 7) is 0. The third-order valence-corrected chi connectivity index (χ3v) is 2.02. The molecule has 10 heteroatoms. The van der Waals surface area contributed by atoms with Crippen LogP contribution in [0, 0.1) is 10.1 Å². The Bertz CT molecular complexity index is 534. The molecule has 0 aliphatic heterocycles. The number of rotatable bonds is 2. The van der Waals surface area contributed by atoms with E-state index in [1.165, 1.54) is 0 Å². The van der Waals surface area contributed by atoms with Gasteiger partial charge in [0.25, 0.3) is 11.5 Å². The predicted octanol–water partition coefficient (Wildman–Crippen LogP) is 3.36. The molecule has 19 heavy (non-hydrogen) atoms. The second-order valence-electron chi connectivity index (χ2n) is 3.31. The topological polar surface area (TPSA) is 60.2 Å². The molecule has 0 saturated heterocycles. The van der Waals surface area contributed by atoms with Gasteiger partial charge in [0, 0.05) is 6.07 Å². The average molecular weight is 287 g/mol. The number of nitro benzene ring substituents is 1. The fourth-order valence-corrected chi connectivity index (χ4v) is 1.20. The molecule has 0 bridgehead atoms. The van der Waals surface area contributed by atoms with Crippen molar-refractivity contribution in [1.82, 2.24) is 0 Å². The quantitative estimate of drug-likeness (QED) is 0.362. The molecular formula is C9H3F6NO3. The maximum absolute atomic E-state index is 12.3. The summed E-state index contributed by atoms with van der Waals surface area (Å²) in [6.07, 6.45) is -10.4. The zero-order valence-corrected chi connectivity index (χ0v) is 8.67. The number of hydrogen-bond donors (Lipinski definition) is 0. The smallest absolute Gasteiger partial charge is 0.284 e. The number of carbonyl (C=O) groups is 1. The third-order valence-electron chi connectivity index (χ3n) is 2.02. The molecule has 0 radical (unpaired) electrons. The van der Waals surface area contributed by atoms with Crippen LogP contribution < -0.4 is 0 Å². The van der Waals surface area contributed by atoms with Gasteiger partial charge in [-0.05, 0) is 12.1 Å². The highest BCUT2D eigenvalue weighted by Gasteiger charge is 2.43. The molecule has 0 saturated carbocycles. The standard InChI is InChI=1S/C9H3F6NO3/c10-8(11,12)4-1-2-5(6(3-4)16(18)19)7(17)9(13,14)15/h1-3H. The van der Waals surface area contributed by atoms with Crippen molar-refractivity contribution in [3.63, 3.8) is 0 Å². The summed E-state index contributed by atoms with van der Waals surface area (Å²) in [5.74, 6) is -2.58. The van der Waals surface area contributed by atoms with Crippen LogP contribution in [0.15, 0.2) is 18.2 Å². The van der Waals surface area contributed by atoms with Crippen LogP contribution in [0.5, 0.6) is 0 Å². The van der Waals surface area contributed by atoms with Crippen LogP contribution in [0.4, 0.5) is 32.0 Å². The zero-order valence-electron chi connectivity index (χ0n) is 8.67. The molecule has 0 aliphatic carbocycles. The van der Waals surface area contributed by atoms with E-state index in [1.54, 1.807) is 0 Å². The van der Waals surface area contributed by atoms with Gasteiger partial charge >= 0.3 is 12.4 Å². The molecule has 0 aromatic heterocycles. The minimum Gasteiger partial charge on any atom is -0.284 e. The maximum atomic E-state index is 12.3. The highest BCUT2D eigenvalue weighted by Crippen LogP contribution is 2.34. The van der Waals surface area contributed by atoms with E-state index in [2.05, 4.69) is 0 Å². The van der Waals surface area contributed by atoms with Gasteiger partial charge < -0.3 is 0 Å². The lowest BCUT2D eigenvalue weighted by Crippen LogP contribution is -2.24. The number of Topliss-reactive ketones (excluding diaryl/α,β-unsaturated/α-hetero) is 1. The minimum absolute atomic E-state index is 0.112. The third kappa shape index (κ3) is 3.20. The number of carbonyl (C=O) groups excluding carboxylic acids is 1. The first kappa shape index (κ1) is 14.9. The zero-order chi connectivity index (χ0) is 15.0. The van der Waals surface area contributed by atoms with Crippen molar-refractivity contribution in [2.45, 2.75) is 12.4 Å². The molecule has 0 N–H and O–H groups in total. The van der Waals surface area contributed by atoms with Gasteiger partial charge in [-0.1, -0.05) is 0 Å². The van der Waals surface area contributed by atoms with Gasteiger partial charge in [0.1, 0.15) is 5.56 Å². The van der Waals surface area contributed by atoms with Crippen molar-refractivity contribution in [3.05, 3.63) is 39.4 Å². The fraction of sp³-hybridized carbons (Fsp3) is 0.222. The number of halogens is 6. The monoisotopic (exact) mass is 287 g/mol. The molecule has 1 aromatic carbocycles. The molecule has 0 atom stereocenters. The molecular weight excluding hydrogens is 284 g/mol. The number of hydrogen-bond acceptors (Lipinski definition) is 3. The largest absolute Gasteiger partial charge is 0.455 e. The Hall–Kier alpha value is -2.13. The number of ketones is 1. The highest BCUT2D eigenvalue weighted by atomic mass is 19.4. The van der Waals surface area contributed by atoms with E-state index in [0.717, 1.165) is 0 Å². The Balaban J connectivity index is 3.44. The van der Waals surface area contributed by atoms with E-state index >= 15 is 0 Å². The summed E-state index contributed by atoms with van der Waals surface area (Å²) in [7, 11) is 0. The second-order valence-corrected chi connectivity index (χ2v) is 3.31. The van der Waals surface area contributed by atoms with E-state index < -0.39 is 39.9 Å². The number of benzene rings is 1. The summed E-state index contributed by atoms with van der Waals surface area (Å²) < 4.78 is 73.2. The van der Waals surface area contributed by atoms with Crippen LogP contribution in [0.1, 0.15) is 15.9 Å². The van der Waals surface area contributed by atoms with Gasteiger partial charge in [-0.3, -0.25) is 14.9 Å². The van der Waals surface area contributed by atoms with Crippen LogP contribution in [0.25, 0.3) is 0 Å². The summed E-state index contributed by atoms with van der Waals surface area (Å²) in [5, 5.41) is 10.5. The van der Waals surface area contributed by atoms with Gasteiger partial charge in [-0.25, -0.2) is 0 Å². The lowest BCUT2D eigenvalue weighted by atomic mass is 10.0. The Kier molecular flexibility index (Phi) is 3.55. The summed E-state index contributed by atoms with van der Waals surface area (Å²) >= 11 is 0. The molecule has 4 nitrogen and oxygen atoms in total. The molecule has 0 amide bonds. The lowest BCUT2D eigenvalue weighted by molar-refractivity contribution is -0.385. The van der Waals surface area contributed by atoms with Crippen molar-refractivity contribution >= 4 is 11.5 Å². The molecule has 1 aromatic rings. The summed E-state index contributed by atoms with van der Waals surface area (Å²) in [4.78, 5) is 19.8. The second kappa shape index (κ2) is 4.52. The van der Waals surface area contributed by atoms with E-state index in [4.69, 9.17) is 0 Å². The number of alkyl halides is 6. The van der Waals surface area contributed by atoms with Crippen LogP contribution in [-0.2, 0) is 6.18 Å². The highest BCUT2D eigenvalue weighted by molar-refractivity contribution is 6.03. The first-order valence-corrected chi connectivity index (χ1v) is 4.41. The average Bonchev–Trinajstić information content (AvgIpc) is 2.24. The Morgan fingerprint density at radius 3 is 2.00 bits per heavy atom. The van der Waals surface area contributed by atoms with Gasteiger partial charge in [-0.15, -0.1) is 0 Å². The summed E-state index contributed by atoms with van der Waals surface area (Å²) in [6, 6.07) is 0.196. The fourth-order valence-electron chi connectivity index (χ4n) is 1.20. The van der Waals surface area contributed by atoms with Gasteiger partial charge in [0.2, 0.25) is 0 Å². The normalized spacial score (nSPS) is 12.3. The Morgan fingerprint density at radius 2 is 1.63 bits per heavy atom. The van der Waals surface area contributed by atoms with Crippen molar-refractivity contribution in [1.29, 1.82) is 0 Å². The molecule has 0 spiro atoms. The van der Waals surface area contributed by atoms with E-state index in [9.17, 15) is 41.3 Å². The first-order valence-electron chi connectivity index (χ1n) is 4.41. The van der Waals surface area contributed by atoms with Gasteiger partial charge in [0.05, 0.1) is 10.5 Å². The van der Waals surface area contributed by atoms with Crippen molar-refractivity contribution in [3.8, 4) is 0 Å². The van der Waals surface area contributed by atoms with Crippen LogP contribution in [0.2, 0.25) is 0 Å². The lowest BCUT2D eigenvalue weighted by Gasteiger charge is -2.09. The Morgan fingerprint density at radius 1 is 1.11 bits per heavy atom.